The summed E-state index contributed by atoms with van der Waals surface area (Å²) < 4.78 is 5.90. The van der Waals surface area contributed by atoms with Crippen molar-refractivity contribution in [2.45, 2.75) is 23.0 Å². The smallest absolute Gasteiger partial charge is 0.326 e. The summed E-state index contributed by atoms with van der Waals surface area (Å²) in [5.41, 5.74) is 1.47. The Hall–Kier alpha value is -1.26. The first-order valence-corrected chi connectivity index (χ1v) is 12.2. The van der Waals surface area contributed by atoms with Gasteiger partial charge in [0.2, 0.25) is 11.8 Å². The Morgan fingerprint density at radius 3 is 2.30 bits per heavy atom. The van der Waals surface area contributed by atoms with Crippen LogP contribution in [0.25, 0.3) is 0 Å². The van der Waals surface area contributed by atoms with Crippen molar-refractivity contribution in [3.05, 3.63) is 28.2 Å². The summed E-state index contributed by atoms with van der Waals surface area (Å²) >= 11 is 10.6. The van der Waals surface area contributed by atoms with Gasteiger partial charge in [0, 0.05) is 19.8 Å². The molecule has 160 valence electrons. The van der Waals surface area contributed by atoms with E-state index < -0.39 is 25.0 Å². The van der Waals surface area contributed by atoms with Gasteiger partial charge in [-0.05, 0) is 48.9 Å². The van der Waals surface area contributed by atoms with E-state index in [-0.39, 0.29) is 45.1 Å². The number of carbonyl (C=O) groups excluding carboxylic acids is 4. The third-order valence-electron chi connectivity index (χ3n) is 6.19. The molecule has 1 heterocycles. The highest BCUT2D eigenvalue weighted by molar-refractivity contribution is 9.12. The highest BCUT2D eigenvalue weighted by Crippen LogP contribution is 2.60. The van der Waals surface area contributed by atoms with E-state index in [9.17, 15) is 19.2 Å². The average Bonchev–Trinajstić information content (AvgIpc) is 3.29. The van der Waals surface area contributed by atoms with Gasteiger partial charge >= 0.3 is 5.97 Å². The van der Waals surface area contributed by atoms with Gasteiger partial charge in [-0.3, -0.25) is 24.1 Å². The van der Waals surface area contributed by atoms with Crippen molar-refractivity contribution in [2.24, 2.45) is 23.7 Å². The molecule has 0 spiro atoms. The lowest BCUT2D eigenvalue weighted by Crippen LogP contribution is -2.38. The highest BCUT2D eigenvalue weighted by atomic mass is 79.9. The van der Waals surface area contributed by atoms with Crippen LogP contribution in [-0.4, -0.2) is 51.4 Å². The van der Waals surface area contributed by atoms with Crippen molar-refractivity contribution in [2.75, 3.05) is 18.5 Å². The van der Waals surface area contributed by atoms with Crippen LogP contribution in [-0.2, 0) is 23.9 Å². The SMILES string of the molecule is Cc1cc(Br)ccc1NC(=O)COC(=O)CN1C(=O)[C@@H]2[C@H]3C[C@@H]([C@H](Br)[C@H]3Br)[C@@H]2C1=O. The maximum absolute atomic E-state index is 12.8. The van der Waals surface area contributed by atoms with Gasteiger partial charge in [-0.1, -0.05) is 47.8 Å². The average molecular weight is 607 g/mol. The first-order chi connectivity index (χ1) is 14.2. The number of ether oxygens (including phenoxy) is 1. The number of likely N-dealkylation sites (tertiary alicyclic amines) is 1. The second kappa shape index (κ2) is 8.35. The third-order valence-corrected chi connectivity index (χ3v) is 9.89. The van der Waals surface area contributed by atoms with Gasteiger partial charge in [-0.15, -0.1) is 0 Å². The molecule has 1 saturated heterocycles. The van der Waals surface area contributed by atoms with Gasteiger partial charge in [0.1, 0.15) is 6.54 Å². The number of rotatable bonds is 5. The van der Waals surface area contributed by atoms with E-state index in [4.69, 9.17) is 4.74 Å². The molecule has 1 aromatic carbocycles. The summed E-state index contributed by atoms with van der Waals surface area (Å²) in [7, 11) is 0. The summed E-state index contributed by atoms with van der Waals surface area (Å²) in [6, 6.07) is 5.38. The number of hydrogen-bond acceptors (Lipinski definition) is 5. The molecule has 7 nitrogen and oxygen atoms in total. The number of benzene rings is 1. The van der Waals surface area contributed by atoms with Crippen molar-refractivity contribution in [3.8, 4) is 0 Å². The van der Waals surface area contributed by atoms with Crippen LogP contribution in [0.1, 0.15) is 12.0 Å². The maximum atomic E-state index is 12.8. The fourth-order valence-corrected chi connectivity index (χ4v) is 7.19. The zero-order valence-corrected chi connectivity index (χ0v) is 20.7. The molecule has 2 saturated carbocycles. The van der Waals surface area contributed by atoms with Gasteiger partial charge < -0.3 is 10.1 Å². The number of aryl methyl sites for hydroxylation is 1. The van der Waals surface area contributed by atoms with Crippen molar-refractivity contribution < 1.29 is 23.9 Å². The van der Waals surface area contributed by atoms with Crippen LogP contribution in [0.3, 0.4) is 0 Å². The minimum Gasteiger partial charge on any atom is -0.454 e. The highest BCUT2D eigenvalue weighted by Gasteiger charge is 2.66. The quantitative estimate of drug-likeness (QED) is 0.316. The molecule has 1 aromatic rings. The zero-order chi connectivity index (χ0) is 21.7. The molecule has 1 aliphatic heterocycles. The Morgan fingerprint density at radius 2 is 1.73 bits per heavy atom. The Labute approximate surface area is 198 Å². The number of anilines is 1. The van der Waals surface area contributed by atoms with Crippen LogP contribution in [0.5, 0.6) is 0 Å². The van der Waals surface area contributed by atoms with Gasteiger partial charge in [0.25, 0.3) is 5.91 Å². The molecule has 0 radical (unpaired) electrons. The molecule has 6 atom stereocenters. The fourth-order valence-electron chi connectivity index (χ4n) is 4.84. The van der Waals surface area contributed by atoms with Gasteiger partial charge in [0.15, 0.2) is 6.61 Å². The Balaban J connectivity index is 1.32. The number of nitrogens with one attached hydrogen (secondary N) is 1. The molecule has 2 bridgehead atoms. The first kappa shape index (κ1) is 22.0. The molecule has 3 amide bonds. The normalized spacial score (nSPS) is 31.8. The van der Waals surface area contributed by atoms with Gasteiger partial charge in [-0.25, -0.2) is 0 Å². The van der Waals surface area contributed by atoms with E-state index in [0.717, 1.165) is 21.4 Å². The number of esters is 1. The molecular formula is C20H19Br3N2O5. The fraction of sp³-hybridized carbons (Fsp3) is 0.500. The van der Waals surface area contributed by atoms with Crippen molar-refractivity contribution in [3.63, 3.8) is 0 Å². The number of halogens is 3. The maximum Gasteiger partial charge on any atom is 0.326 e. The van der Waals surface area contributed by atoms with Gasteiger partial charge in [0.05, 0.1) is 11.8 Å². The Kier molecular flexibility index (Phi) is 6.11. The molecule has 3 aliphatic rings. The van der Waals surface area contributed by atoms with E-state index in [1.807, 2.05) is 13.0 Å². The van der Waals surface area contributed by atoms with Crippen molar-refractivity contribution in [1.82, 2.24) is 4.90 Å². The van der Waals surface area contributed by atoms with Crippen molar-refractivity contribution in [1.29, 1.82) is 0 Å². The van der Waals surface area contributed by atoms with E-state index in [1.165, 1.54) is 0 Å². The number of fused-ring (bicyclic) bond motifs is 5. The number of amides is 3. The van der Waals surface area contributed by atoms with Crippen LogP contribution in [0.4, 0.5) is 5.69 Å². The number of alkyl halides is 2. The van der Waals surface area contributed by atoms with Crippen LogP contribution >= 0.6 is 47.8 Å². The lowest BCUT2D eigenvalue weighted by atomic mass is 9.81. The van der Waals surface area contributed by atoms with E-state index in [2.05, 4.69) is 53.1 Å². The van der Waals surface area contributed by atoms with Crippen LogP contribution in [0.2, 0.25) is 0 Å². The first-order valence-electron chi connectivity index (χ1n) is 9.54. The molecule has 4 rings (SSSR count). The zero-order valence-electron chi connectivity index (χ0n) is 15.9. The third kappa shape index (κ3) is 3.75. The Bertz CT molecular complexity index is 907. The van der Waals surface area contributed by atoms with Crippen LogP contribution < -0.4 is 5.32 Å². The van der Waals surface area contributed by atoms with E-state index >= 15 is 0 Å². The van der Waals surface area contributed by atoms with Crippen LogP contribution in [0.15, 0.2) is 22.7 Å². The molecule has 2 aliphatic carbocycles. The van der Waals surface area contributed by atoms with Crippen molar-refractivity contribution >= 4 is 77.2 Å². The minimum atomic E-state index is -0.780. The summed E-state index contributed by atoms with van der Waals surface area (Å²) in [6.07, 6.45) is 0.826. The van der Waals surface area contributed by atoms with E-state index in [1.54, 1.807) is 12.1 Å². The largest absolute Gasteiger partial charge is 0.454 e. The Morgan fingerprint density at radius 1 is 1.13 bits per heavy atom. The topological polar surface area (TPSA) is 92.8 Å². The number of hydrogen-bond donors (Lipinski definition) is 1. The van der Waals surface area contributed by atoms with E-state index in [0.29, 0.717) is 5.69 Å². The number of carbonyl (C=O) groups is 4. The lowest BCUT2D eigenvalue weighted by molar-refractivity contribution is -0.154. The summed E-state index contributed by atoms with van der Waals surface area (Å²) in [6.45, 7) is 0.889. The van der Waals surface area contributed by atoms with Crippen LogP contribution in [0, 0.1) is 30.6 Å². The summed E-state index contributed by atoms with van der Waals surface area (Å²) in [4.78, 5) is 51.2. The predicted molar refractivity (Wildman–Crippen MR) is 119 cm³/mol. The molecule has 1 N–H and O–H groups in total. The molecule has 10 heteroatoms. The lowest BCUT2D eigenvalue weighted by Gasteiger charge is -2.28. The molecule has 0 unspecified atom stereocenters. The second-order valence-electron chi connectivity index (χ2n) is 7.93. The summed E-state index contributed by atoms with van der Waals surface area (Å²) in [5.74, 6) is -2.48. The molecule has 0 aromatic heterocycles. The standard InChI is InChI=1S/C20H19Br3N2O5/c1-8-4-9(21)2-3-12(8)24-13(26)7-30-14(27)6-25-19(28)15-10-5-11(16(15)20(25)29)18(23)17(10)22/h2-4,10-11,15-18H,5-7H2,1H3,(H,24,26)/t10-,11-,15-,16+,17+,18+/m1/s1. The summed E-state index contributed by atoms with van der Waals surface area (Å²) in [5, 5.41) is 2.67. The molecule has 30 heavy (non-hydrogen) atoms. The minimum absolute atomic E-state index is 0.0850. The number of nitrogens with zero attached hydrogens (tertiary/aromatic N) is 1. The number of imide groups is 1. The predicted octanol–water partition coefficient (Wildman–Crippen LogP) is 3.02. The van der Waals surface area contributed by atoms with Gasteiger partial charge in [-0.2, -0.15) is 0 Å². The molecular weight excluding hydrogens is 588 g/mol. The second-order valence-corrected chi connectivity index (χ2v) is 11.0. The molecule has 3 fully saturated rings. The monoisotopic (exact) mass is 604 g/mol.